The van der Waals surface area contributed by atoms with Gasteiger partial charge in [-0.15, -0.1) is 0 Å². The van der Waals surface area contributed by atoms with Gasteiger partial charge in [0, 0.05) is 18.7 Å². The lowest BCUT2D eigenvalue weighted by atomic mass is 10.2. The van der Waals surface area contributed by atoms with Gasteiger partial charge in [-0.05, 0) is 50.6 Å². The van der Waals surface area contributed by atoms with E-state index in [1.807, 2.05) is 31.2 Å². The first-order valence-corrected chi connectivity index (χ1v) is 10.8. The Morgan fingerprint density at radius 1 is 1.14 bits per heavy atom. The third-order valence-corrected chi connectivity index (χ3v) is 5.90. The smallest absolute Gasteiger partial charge is 0.253 e. The highest BCUT2D eigenvalue weighted by Crippen LogP contribution is 2.25. The van der Waals surface area contributed by atoms with Gasteiger partial charge in [0.15, 0.2) is 0 Å². The van der Waals surface area contributed by atoms with Crippen molar-refractivity contribution < 1.29 is 22.7 Å². The van der Waals surface area contributed by atoms with Crippen LogP contribution in [0, 0.1) is 6.92 Å². The highest BCUT2D eigenvalue weighted by atomic mass is 32.2. The SMILES string of the molecule is COc1ccc(C(=O)N(C)CCOc2ccccc2C)cc1S(=O)(=O)NC(C)C. The van der Waals surface area contributed by atoms with Crippen LogP contribution in [0.5, 0.6) is 11.5 Å². The van der Waals surface area contributed by atoms with Gasteiger partial charge in [0.25, 0.3) is 5.91 Å². The molecule has 0 bridgehead atoms. The molecule has 0 fully saturated rings. The molecule has 0 heterocycles. The number of ether oxygens (including phenoxy) is 2. The van der Waals surface area contributed by atoms with E-state index < -0.39 is 10.0 Å². The zero-order chi connectivity index (χ0) is 21.6. The number of sulfonamides is 1. The van der Waals surface area contributed by atoms with Gasteiger partial charge in [-0.25, -0.2) is 13.1 Å². The Labute approximate surface area is 172 Å². The van der Waals surface area contributed by atoms with E-state index in [9.17, 15) is 13.2 Å². The topological polar surface area (TPSA) is 84.9 Å². The number of hydrogen-bond acceptors (Lipinski definition) is 5. The molecule has 0 saturated heterocycles. The van der Waals surface area contributed by atoms with Crippen molar-refractivity contribution in [1.82, 2.24) is 9.62 Å². The number of aryl methyl sites for hydroxylation is 1. The monoisotopic (exact) mass is 420 g/mol. The molecule has 0 aliphatic carbocycles. The third kappa shape index (κ3) is 5.95. The molecule has 2 aromatic carbocycles. The van der Waals surface area contributed by atoms with Crippen molar-refractivity contribution in [2.75, 3.05) is 27.3 Å². The quantitative estimate of drug-likeness (QED) is 0.674. The molecule has 2 aromatic rings. The van der Waals surface area contributed by atoms with Crippen LogP contribution < -0.4 is 14.2 Å². The summed E-state index contributed by atoms with van der Waals surface area (Å²) >= 11 is 0. The normalized spacial score (nSPS) is 11.4. The van der Waals surface area contributed by atoms with Gasteiger partial charge >= 0.3 is 0 Å². The first-order valence-electron chi connectivity index (χ1n) is 9.30. The summed E-state index contributed by atoms with van der Waals surface area (Å²) in [6.07, 6.45) is 0. The molecule has 0 spiro atoms. The van der Waals surface area contributed by atoms with Crippen molar-refractivity contribution in [3.63, 3.8) is 0 Å². The molecule has 29 heavy (non-hydrogen) atoms. The van der Waals surface area contributed by atoms with Crippen molar-refractivity contribution in [3.8, 4) is 11.5 Å². The van der Waals surface area contributed by atoms with Gasteiger partial charge < -0.3 is 14.4 Å². The maximum atomic E-state index is 12.8. The number of methoxy groups -OCH3 is 1. The van der Waals surface area contributed by atoms with Crippen LogP contribution in [-0.4, -0.2) is 52.6 Å². The molecule has 0 aromatic heterocycles. The minimum absolute atomic E-state index is 0.0656. The molecule has 2 rings (SSSR count). The van der Waals surface area contributed by atoms with E-state index in [0.717, 1.165) is 11.3 Å². The molecule has 0 atom stereocenters. The molecule has 0 radical (unpaired) electrons. The molecule has 0 aliphatic rings. The van der Waals surface area contributed by atoms with Gasteiger partial charge in [0.2, 0.25) is 10.0 Å². The van der Waals surface area contributed by atoms with Crippen LogP contribution in [0.4, 0.5) is 0 Å². The van der Waals surface area contributed by atoms with Crippen molar-refractivity contribution in [2.24, 2.45) is 0 Å². The summed E-state index contributed by atoms with van der Waals surface area (Å²) in [6, 6.07) is 11.7. The second-order valence-corrected chi connectivity index (χ2v) is 8.66. The fraction of sp³-hybridized carbons (Fsp3) is 0.381. The molecular weight excluding hydrogens is 392 g/mol. The van der Waals surface area contributed by atoms with E-state index in [2.05, 4.69) is 4.72 Å². The van der Waals surface area contributed by atoms with Gasteiger partial charge in [0.1, 0.15) is 23.0 Å². The Morgan fingerprint density at radius 2 is 1.83 bits per heavy atom. The largest absolute Gasteiger partial charge is 0.495 e. The standard InChI is InChI=1S/C21H28N2O5S/c1-15(2)22-29(25,26)20-14-17(10-11-19(20)27-5)21(24)23(4)12-13-28-18-9-7-6-8-16(18)3/h6-11,14-15,22H,12-13H2,1-5H3. The summed E-state index contributed by atoms with van der Waals surface area (Å²) in [4.78, 5) is 14.2. The van der Waals surface area contributed by atoms with E-state index in [-0.39, 0.29) is 28.2 Å². The number of para-hydroxylation sites is 1. The fourth-order valence-corrected chi connectivity index (χ4v) is 4.17. The summed E-state index contributed by atoms with van der Waals surface area (Å²) < 4.78 is 38.6. The zero-order valence-corrected chi connectivity index (χ0v) is 18.2. The predicted octanol–water partition coefficient (Wildman–Crippen LogP) is 2.84. The Kier molecular flexibility index (Phi) is 7.64. The molecule has 1 amide bonds. The number of carbonyl (C=O) groups is 1. The maximum Gasteiger partial charge on any atom is 0.253 e. The Bertz CT molecular complexity index is 957. The van der Waals surface area contributed by atoms with Crippen molar-refractivity contribution in [1.29, 1.82) is 0 Å². The number of nitrogens with one attached hydrogen (secondary N) is 1. The number of hydrogen-bond donors (Lipinski definition) is 1. The number of rotatable bonds is 9. The Balaban J connectivity index is 2.13. The second-order valence-electron chi connectivity index (χ2n) is 6.98. The van der Waals surface area contributed by atoms with Gasteiger partial charge in [-0.2, -0.15) is 0 Å². The lowest BCUT2D eigenvalue weighted by Crippen LogP contribution is -2.32. The summed E-state index contributed by atoms with van der Waals surface area (Å²) in [5.74, 6) is 0.646. The first-order chi connectivity index (χ1) is 13.7. The van der Waals surface area contributed by atoms with Crippen LogP contribution in [0.1, 0.15) is 29.8 Å². The van der Waals surface area contributed by atoms with E-state index in [1.165, 1.54) is 24.1 Å². The highest BCUT2D eigenvalue weighted by molar-refractivity contribution is 7.89. The number of benzene rings is 2. The van der Waals surface area contributed by atoms with Gasteiger partial charge in [0.05, 0.1) is 13.7 Å². The average molecular weight is 421 g/mol. The van der Waals surface area contributed by atoms with Crippen LogP contribution in [-0.2, 0) is 10.0 Å². The van der Waals surface area contributed by atoms with Crippen LogP contribution in [0.15, 0.2) is 47.4 Å². The maximum absolute atomic E-state index is 12.8. The van der Waals surface area contributed by atoms with Gasteiger partial charge in [-0.1, -0.05) is 18.2 Å². The fourth-order valence-electron chi connectivity index (χ4n) is 2.73. The van der Waals surface area contributed by atoms with E-state index in [1.54, 1.807) is 27.0 Å². The molecule has 0 aliphatic heterocycles. The summed E-state index contributed by atoms with van der Waals surface area (Å²) in [7, 11) is -0.776. The highest BCUT2D eigenvalue weighted by Gasteiger charge is 2.23. The van der Waals surface area contributed by atoms with E-state index >= 15 is 0 Å². The molecule has 158 valence electrons. The van der Waals surface area contributed by atoms with Crippen LogP contribution in [0.2, 0.25) is 0 Å². The Morgan fingerprint density at radius 3 is 2.45 bits per heavy atom. The number of likely N-dealkylation sites (N-methyl/N-ethyl adjacent to an activating group) is 1. The number of nitrogens with zero attached hydrogens (tertiary/aromatic N) is 1. The lowest BCUT2D eigenvalue weighted by molar-refractivity contribution is 0.0773. The first kappa shape index (κ1) is 22.7. The van der Waals surface area contributed by atoms with E-state index in [0.29, 0.717) is 13.2 Å². The molecule has 0 saturated carbocycles. The van der Waals surface area contributed by atoms with Gasteiger partial charge in [-0.3, -0.25) is 4.79 Å². The lowest BCUT2D eigenvalue weighted by Gasteiger charge is -2.19. The Hall–Kier alpha value is -2.58. The molecule has 7 nitrogen and oxygen atoms in total. The minimum Gasteiger partial charge on any atom is -0.495 e. The molecule has 1 N–H and O–H groups in total. The van der Waals surface area contributed by atoms with Crippen molar-refractivity contribution in [2.45, 2.75) is 31.7 Å². The number of amides is 1. The average Bonchev–Trinajstić information content (AvgIpc) is 2.67. The molecular formula is C21H28N2O5S. The zero-order valence-electron chi connectivity index (χ0n) is 17.4. The van der Waals surface area contributed by atoms with Crippen LogP contribution in [0.3, 0.4) is 0 Å². The van der Waals surface area contributed by atoms with Crippen LogP contribution in [0.25, 0.3) is 0 Å². The van der Waals surface area contributed by atoms with Crippen molar-refractivity contribution >= 4 is 15.9 Å². The van der Waals surface area contributed by atoms with Crippen molar-refractivity contribution in [3.05, 3.63) is 53.6 Å². The molecule has 8 heteroatoms. The number of carbonyl (C=O) groups excluding carboxylic acids is 1. The summed E-state index contributed by atoms with van der Waals surface area (Å²) in [5, 5.41) is 0. The minimum atomic E-state index is -3.81. The molecule has 0 unspecified atom stereocenters. The van der Waals surface area contributed by atoms with Crippen LogP contribution >= 0.6 is 0 Å². The predicted molar refractivity (Wildman–Crippen MR) is 112 cm³/mol. The van der Waals surface area contributed by atoms with E-state index in [4.69, 9.17) is 9.47 Å². The second kappa shape index (κ2) is 9.76. The summed E-state index contributed by atoms with van der Waals surface area (Å²) in [6.45, 7) is 6.08. The summed E-state index contributed by atoms with van der Waals surface area (Å²) in [5.41, 5.74) is 1.28. The third-order valence-electron chi connectivity index (χ3n) is 4.22.